The van der Waals surface area contributed by atoms with Crippen LogP contribution in [0.2, 0.25) is 10.0 Å². The van der Waals surface area contributed by atoms with E-state index >= 15 is 0 Å². The summed E-state index contributed by atoms with van der Waals surface area (Å²) in [7, 11) is 1.50. The van der Waals surface area contributed by atoms with Gasteiger partial charge in [-0.1, -0.05) is 47.5 Å². The van der Waals surface area contributed by atoms with Gasteiger partial charge in [-0.3, -0.25) is 4.79 Å². The molecule has 0 atom stereocenters. The SMILES string of the molecule is CCOc1cc(/C=N\NC(=O)c2ccccc2OC)cc(Cl)c1OCc1ccc(Cl)cc1. The maximum Gasteiger partial charge on any atom is 0.275 e. The number of carbonyl (C=O) groups is 1. The summed E-state index contributed by atoms with van der Waals surface area (Å²) in [6, 6.07) is 17.7. The number of para-hydroxylation sites is 1. The lowest BCUT2D eigenvalue weighted by Crippen LogP contribution is -2.18. The van der Waals surface area contributed by atoms with Crippen LogP contribution in [0.4, 0.5) is 0 Å². The van der Waals surface area contributed by atoms with Crippen molar-refractivity contribution in [1.29, 1.82) is 0 Å². The van der Waals surface area contributed by atoms with Gasteiger partial charge in [0.05, 0.1) is 30.5 Å². The van der Waals surface area contributed by atoms with Crippen molar-refractivity contribution in [2.45, 2.75) is 13.5 Å². The lowest BCUT2D eigenvalue weighted by Gasteiger charge is -2.14. The van der Waals surface area contributed by atoms with Gasteiger partial charge < -0.3 is 14.2 Å². The van der Waals surface area contributed by atoms with Crippen LogP contribution in [0.3, 0.4) is 0 Å². The number of nitrogens with one attached hydrogen (secondary N) is 1. The molecule has 0 fully saturated rings. The van der Waals surface area contributed by atoms with Crippen molar-refractivity contribution in [3.8, 4) is 17.2 Å². The Morgan fingerprint density at radius 2 is 1.78 bits per heavy atom. The van der Waals surface area contributed by atoms with Gasteiger partial charge in [-0.05, 0) is 54.4 Å². The minimum Gasteiger partial charge on any atom is -0.496 e. The molecule has 0 bridgehead atoms. The second kappa shape index (κ2) is 11.4. The average molecular weight is 473 g/mol. The van der Waals surface area contributed by atoms with Crippen molar-refractivity contribution < 1.29 is 19.0 Å². The number of methoxy groups -OCH3 is 1. The number of rotatable bonds is 9. The summed E-state index contributed by atoms with van der Waals surface area (Å²) >= 11 is 12.4. The van der Waals surface area contributed by atoms with Crippen molar-refractivity contribution in [3.63, 3.8) is 0 Å². The zero-order valence-corrected chi connectivity index (χ0v) is 19.1. The molecule has 0 unspecified atom stereocenters. The number of benzene rings is 3. The summed E-state index contributed by atoms with van der Waals surface area (Å²) in [4.78, 5) is 12.4. The van der Waals surface area contributed by atoms with Gasteiger partial charge in [0, 0.05) is 5.02 Å². The number of carbonyl (C=O) groups excluding carboxylic acids is 1. The highest BCUT2D eigenvalue weighted by molar-refractivity contribution is 6.32. The van der Waals surface area contributed by atoms with E-state index < -0.39 is 5.91 Å². The number of hydrogen-bond acceptors (Lipinski definition) is 5. The number of amides is 1. The maximum absolute atomic E-state index is 12.4. The normalized spacial score (nSPS) is 10.8. The van der Waals surface area contributed by atoms with Gasteiger partial charge in [-0.2, -0.15) is 5.10 Å². The first kappa shape index (κ1) is 23.4. The Hall–Kier alpha value is -3.22. The minimum absolute atomic E-state index is 0.305. The molecule has 0 aliphatic heterocycles. The number of hydrogen-bond donors (Lipinski definition) is 1. The Bertz CT molecular complexity index is 1100. The second-order valence-electron chi connectivity index (χ2n) is 6.58. The number of hydrazone groups is 1. The molecule has 3 rings (SSSR count). The van der Waals surface area contributed by atoms with Crippen LogP contribution in [-0.2, 0) is 6.61 Å². The van der Waals surface area contributed by atoms with Crippen LogP contribution >= 0.6 is 23.2 Å². The maximum atomic E-state index is 12.4. The third-order valence-corrected chi connectivity index (χ3v) is 4.89. The summed E-state index contributed by atoms with van der Waals surface area (Å²) in [6.07, 6.45) is 1.48. The predicted octanol–water partition coefficient (Wildman–Crippen LogP) is 5.74. The summed E-state index contributed by atoms with van der Waals surface area (Å²) in [6.45, 7) is 2.60. The molecule has 0 aliphatic rings. The van der Waals surface area contributed by atoms with Gasteiger partial charge in [0.2, 0.25) is 0 Å². The Kier molecular flexibility index (Phi) is 8.36. The predicted molar refractivity (Wildman–Crippen MR) is 126 cm³/mol. The molecule has 3 aromatic carbocycles. The first-order valence-corrected chi connectivity index (χ1v) is 10.6. The van der Waals surface area contributed by atoms with E-state index in [1.807, 2.05) is 19.1 Å². The zero-order valence-electron chi connectivity index (χ0n) is 17.6. The first-order valence-electron chi connectivity index (χ1n) is 9.81. The Morgan fingerprint density at radius 3 is 2.50 bits per heavy atom. The fourth-order valence-electron chi connectivity index (χ4n) is 2.86. The van der Waals surface area contributed by atoms with Crippen LogP contribution in [0, 0.1) is 0 Å². The van der Waals surface area contributed by atoms with Crippen LogP contribution in [-0.4, -0.2) is 25.8 Å². The van der Waals surface area contributed by atoms with Crippen molar-refractivity contribution in [3.05, 3.63) is 87.4 Å². The van der Waals surface area contributed by atoms with Crippen molar-refractivity contribution in [2.24, 2.45) is 5.10 Å². The van der Waals surface area contributed by atoms with Crippen LogP contribution in [0.5, 0.6) is 17.2 Å². The first-order chi connectivity index (χ1) is 15.5. The quantitative estimate of drug-likeness (QED) is 0.318. The molecular formula is C24H22Cl2N2O4. The van der Waals surface area contributed by atoms with E-state index in [1.165, 1.54) is 13.3 Å². The number of nitrogens with zero attached hydrogens (tertiary/aromatic N) is 1. The van der Waals surface area contributed by atoms with E-state index in [0.29, 0.717) is 51.6 Å². The molecule has 6 nitrogen and oxygen atoms in total. The molecule has 0 spiro atoms. The molecule has 0 radical (unpaired) electrons. The molecule has 1 N–H and O–H groups in total. The smallest absolute Gasteiger partial charge is 0.275 e. The van der Waals surface area contributed by atoms with Crippen LogP contribution in [0.25, 0.3) is 0 Å². The van der Waals surface area contributed by atoms with E-state index in [9.17, 15) is 4.79 Å². The molecule has 0 aliphatic carbocycles. The summed E-state index contributed by atoms with van der Waals surface area (Å²) in [5.74, 6) is 0.979. The van der Waals surface area contributed by atoms with Crippen LogP contribution < -0.4 is 19.6 Å². The lowest BCUT2D eigenvalue weighted by atomic mass is 10.2. The molecule has 0 heterocycles. The molecule has 166 valence electrons. The Morgan fingerprint density at radius 1 is 1.03 bits per heavy atom. The molecule has 3 aromatic rings. The molecule has 32 heavy (non-hydrogen) atoms. The van der Waals surface area contributed by atoms with Gasteiger partial charge in [0.1, 0.15) is 12.4 Å². The Balaban J connectivity index is 1.73. The summed E-state index contributed by atoms with van der Waals surface area (Å²) < 4.78 is 16.8. The van der Waals surface area contributed by atoms with E-state index in [-0.39, 0.29) is 0 Å². The molecule has 8 heteroatoms. The highest BCUT2D eigenvalue weighted by Crippen LogP contribution is 2.37. The monoisotopic (exact) mass is 472 g/mol. The van der Waals surface area contributed by atoms with Crippen LogP contribution in [0.1, 0.15) is 28.4 Å². The van der Waals surface area contributed by atoms with Crippen molar-refractivity contribution in [2.75, 3.05) is 13.7 Å². The topological polar surface area (TPSA) is 69.2 Å². The minimum atomic E-state index is -0.391. The Labute approximate surface area is 196 Å². The number of halogens is 2. The fourth-order valence-corrected chi connectivity index (χ4v) is 3.26. The van der Waals surface area contributed by atoms with Gasteiger partial charge in [0.15, 0.2) is 11.5 Å². The van der Waals surface area contributed by atoms with Crippen molar-refractivity contribution in [1.82, 2.24) is 5.43 Å². The third-order valence-electron chi connectivity index (χ3n) is 4.36. The standard InChI is InChI=1S/C24H22Cl2N2O4/c1-3-31-22-13-17(14-27-28-24(29)19-6-4-5-7-21(19)30-2)12-20(26)23(22)32-15-16-8-10-18(25)11-9-16/h4-14H,3,15H2,1-2H3,(H,28,29)/b27-14-. The van der Waals surface area contributed by atoms with Gasteiger partial charge in [0.25, 0.3) is 5.91 Å². The largest absolute Gasteiger partial charge is 0.496 e. The zero-order chi connectivity index (χ0) is 22.9. The molecular weight excluding hydrogens is 451 g/mol. The van der Waals surface area contributed by atoms with Crippen molar-refractivity contribution >= 4 is 35.3 Å². The molecule has 1 amide bonds. The van der Waals surface area contributed by atoms with E-state index in [2.05, 4.69) is 10.5 Å². The van der Waals surface area contributed by atoms with E-state index in [0.717, 1.165) is 5.56 Å². The van der Waals surface area contributed by atoms with Gasteiger partial charge in [-0.15, -0.1) is 0 Å². The lowest BCUT2D eigenvalue weighted by molar-refractivity contribution is 0.0952. The highest BCUT2D eigenvalue weighted by atomic mass is 35.5. The number of ether oxygens (including phenoxy) is 3. The summed E-state index contributed by atoms with van der Waals surface area (Å²) in [5.41, 5.74) is 4.44. The summed E-state index contributed by atoms with van der Waals surface area (Å²) in [5, 5.41) is 5.04. The van der Waals surface area contributed by atoms with E-state index in [4.69, 9.17) is 37.4 Å². The molecule has 0 saturated heterocycles. The molecule has 0 aromatic heterocycles. The third kappa shape index (κ3) is 6.15. The fraction of sp³-hybridized carbons (Fsp3) is 0.167. The van der Waals surface area contributed by atoms with E-state index in [1.54, 1.807) is 48.5 Å². The highest BCUT2D eigenvalue weighted by Gasteiger charge is 2.13. The molecule has 0 saturated carbocycles. The van der Waals surface area contributed by atoms with Crippen LogP contribution in [0.15, 0.2) is 65.8 Å². The van der Waals surface area contributed by atoms with Gasteiger partial charge in [-0.25, -0.2) is 5.43 Å². The van der Waals surface area contributed by atoms with Gasteiger partial charge >= 0.3 is 0 Å². The average Bonchev–Trinajstić information content (AvgIpc) is 2.79. The second-order valence-corrected chi connectivity index (χ2v) is 7.42.